The fourth-order valence-corrected chi connectivity index (χ4v) is 2.66. The maximum atomic E-state index is 12.7. The number of benzene rings is 2. The van der Waals surface area contributed by atoms with Gasteiger partial charge in [-0.1, -0.05) is 31.5 Å². The van der Waals surface area contributed by atoms with Crippen molar-refractivity contribution < 1.29 is 19.1 Å². The highest BCUT2D eigenvalue weighted by Gasteiger charge is 2.25. The summed E-state index contributed by atoms with van der Waals surface area (Å²) in [6.07, 6.45) is 0. The molecular formula is C20H22N2O4. The Hall–Kier alpha value is -3.02. The van der Waals surface area contributed by atoms with E-state index < -0.39 is 6.04 Å². The van der Waals surface area contributed by atoms with E-state index in [1.807, 2.05) is 32.9 Å². The molecule has 136 valence electrons. The first kappa shape index (κ1) is 17.8. The topological polar surface area (TPSA) is 76.7 Å². The van der Waals surface area contributed by atoms with Gasteiger partial charge >= 0.3 is 0 Å². The third-order valence-corrected chi connectivity index (χ3v) is 4.19. The molecule has 26 heavy (non-hydrogen) atoms. The average molecular weight is 354 g/mol. The molecular weight excluding hydrogens is 332 g/mol. The van der Waals surface area contributed by atoms with Crippen LogP contribution in [0, 0.1) is 12.8 Å². The third-order valence-electron chi connectivity index (χ3n) is 4.19. The summed E-state index contributed by atoms with van der Waals surface area (Å²) >= 11 is 0. The van der Waals surface area contributed by atoms with Crippen molar-refractivity contribution in [3.63, 3.8) is 0 Å². The van der Waals surface area contributed by atoms with Crippen molar-refractivity contribution in [1.82, 2.24) is 5.32 Å². The Kier molecular flexibility index (Phi) is 5.11. The molecule has 2 aromatic rings. The summed E-state index contributed by atoms with van der Waals surface area (Å²) in [7, 11) is 0. The number of hydrogen-bond acceptors (Lipinski definition) is 4. The number of rotatable bonds is 5. The predicted octanol–water partition coefficient (Wildman–Crippen LogP) is 3.12. The van der Waals surface area contributed by atoms with E-state index in [2.05, 4.69) is 10.6 Å². The van der Waals surface area contributed by atoms with Crippen LogP contribution < -0.4 is 20.1 Å². The second-order valence-corrected chi connectivity index (χ2v) is 6.62. The number of nitrogens with one attached hydrogen (secondary N) is 2. The largest absolute Gasteiger partial charge is 0.454 e. The molecule has 6 heteroatoms. The summed E-state index contributed by atoms with van der Waals surface area (Å²) in [5.74, 6) is 0.617. The highest BCUT2D eigenvalue weighted by atomic mass is 16.7. The third kappa shape index (κ3) is 3.96. The van der Waals surface area contributed by atoms with Gasteiger partial charge in [-0.05, 0) is 37.1 Å². The van der Waals surface area contributed by atoms with E-state index in [0.29, 0.717) is 22.7 Å². The molecule has 2 N–H and O–H groups in total. The maximum Gasteiger partial charge on any atom is 0.251 e. The molecule has 0 radical (unpaired) electrons. The van der Waals surface area contributed by atoms with Gasteiger partial charge in [0.15, 0.2) is 11.5 Å². The Balaban J connectivity index is 1.69. The van der Waals surface area contributed by atoms with Crippen LogP contribution in [-0.4, -0.2) is 24.6 Å². The van der Waals surface area contributed by atoms with Crippen LogP contribution in [0.25, 0.3) is 0 Å². The lowest BCUT2D eigenvalue weighted by atomic mass is 10.0. The molecule has 6 nitrogen and oxygen atoms in total. The number of hydrogen-bond donors (Lipinski definition) is 2. The zero-order valence-electron chi connectivity index (χ0n) is 15.0. The summed E-state index contributed by atoms with van der Waals surface area (Å²) in [6.45, 7) is 5.91. The maximum absolute atomic E-state index is 12.7. The molecule has 0 aliphatic carbocycles. The second-order valence-electron chi connectivity index (χ2n) is 6.62. The standard InChI is InChI=1S/C20H22N2O4/c1-12(2)18(22-19(23)14-6-4-13(3)5-7-14)20(24)21-15-8-9-16-17(10-15)26-11-25-16/h4-10,12,18H,11H2,1-3H3,(H,21,24)(H,22,23). The minimum Gasteiger partial charge on any atom is -0.454 e. The van der Waals surface area contributed by atoms with Crippen LogP contribution in [0.4, 0.5) is 5.69 Å². The Morgan fingerprint density at radius 2 is 1.69 bits per heavy atom. The van der Waals surface area contributed by atoms with Gasteiger partial charge in [0, 0.05) is 17.3 Å². The molecule has 3 rings (SSSR count). The summed E-state index contributed by atoms with van der Waals surface area (Å²) in [4.78, 5) is 25.1. The van der Waals surface area contributed by atoms with Gasteiger partial charge in [0.2, 0.25) is 12.7 Å². The van der Waals surface area contributed by atoms with Crippen LogP contribution in [0.2, 0.25) is 0 Å². The minimum absolute atomic E-state index is 0.0709. The van der Waals surface area contributed by atoms with Gasteiger partial charge in [-0.3, -0.25) is 9.59 Å². The van der Waals surface area contributed by atoms with Gasteiger partial charge in [0.25, 0.3) is 5.91 Å². The summed E-state index contributed by atoms with van der Waals surface area (Å²) in [6, 6.07) is 11.8. The van der Waals surface area contributed by atoms with E-state index in [9.17, 15) is 9.59 Å². The molecule has 2 aromatic carbocycles. The van der Waals surface area contributed by atoms with Gasteiger partial charge in [-0.2, -0.15) is 0 Å². The molecule has 1 unspecified atom stereocenters. The molecule has 1 aliphatic heterocycles. The lowest BCUT2D eigenvalue weighted by molar-refractivity contribution is -0.118. The normalized spacial score (nSPS) is 13.4. The Morgan fingerprint density at radius 1 is 1.00 bits per heavy atom. The number of amides is 2. The van der Waals surface area contributed by atoms with Gasteiger partial charge in [-0.25, -0.2) is 0 Å². The van der Waals surface area contributed by atoms with Crippen molar-refractivity contribution in [2.45, 2.75) is 26.8 Å². The van der Waals surface area contributed by atoms with Crippen molar-refractivity contribution >= 4 is 17.5 Å². The lowest BCUT2D eigenvalue weighted by Gasteiger charge is -2.22. The average Bonchev–Trinajstić information content (AvgIpc) is 3.07. The zero-order chi connectivity index (χ0) is 18.7. The Bertz CT molecular complexity index is 815. The molecule has 0 saturated carbocycles. The highest BCUT2D eigenvalue weighted by molar-refractivity contribution is 6.01. The van der Waals surface area contributed by atoms with E-state index in [1.165, 1.54) is 0 Å². The number of ether oxygens (including phenoxy) is 2. The van der Waals surface area contributed by atoms with Gasteiger partial charge < -0.3 is 20.1 Å². The van der Waals surface area contributed by atoms with Gasteiger partial charge in [0.1, 0.15) is 6.04 Å². The lowest BCUT2D eigenvalue weighted by Crippen LogP contribution is -2.47. The Labute approximate surface area is 152 Å². The molecule has 1 heterocycles. The number of fused-ring (bicyclic) bond motifs is 1. The van der Waals surface area contributed by atoms with E-state index in [0.717, 1.165) is 5.56 Å². The summed E-state index contributed by atoms with van der Waals surface area (Å²) in [5, 5.41) is 5.65. The van der Waals surface area contributed by atoms with Crippen LogP contribution in [0.15, 0.2) is 42.5 Å². The van der Waals surface area contributed by atoms with Crippen molar-refractivity contribution in [2.24, 2.45) is 5.92 Å². The van der Waals surface area contributed by atoms with Crippen molar-refractivity contribution in [3.05, 3.63) is 53.6 Å². The predicted molar refractivity (Wildman–Crippen MR) is 98.5 cm³/mol. The fraction of sp³-hybridized carbons (Fsp3) is 0.300. The Morgan fingerprint density at radius 3 is 2.38 bits per heavy atom. The van der Waals surface area contributed by atoms with Crippen LogP contribution in [-0.2, 0) is 4.79 Å². The molecule has 0 fully saturated rings. The first-order chi connectivity index (χ1) is 12.4. The number of carbonyl (C=O) groups is 2. The van der Waals surface area contributed by atoms with E-state index in [1.54, 1.807) is 30.3 Å². The van der Waals surface area contributed by atoms with Gasteiger partial charge in [0.05, 0.1) is 0 Å². The van der Waals surface area contributed by atoms with E-state index in [-0.39, 0.29) is 24.5 Å². The van der Waals surface area contributed by atoms with Crippen molar-refractivity contribution in [1.29, 1.82) is 0 Å². The van der Waals surface area contributed by atoms with Crippen molar-refractivity contribution in [2.75, 3.05) is 12.1 Å². The van der Waals surface area contributed by atoms with Crippen LogP contribution >= 0.6 is 0 Å². The zero-order valence-corrected chi connectivity index (χ0v) is 15.0. The van der Waals surface area contributed by atoms with Crippen molar-refractivity contribution in [3.8, 4) is 11.5 Å². The number of aryl methyl sites for hydroxylation is 1. The molecule has 0 bridgehead atoms. The molecule has 2 amide bonds. The molecule has 1 aliphatic rings. The minimum atomic E-state index is -0.658. The second kappa shape index (κ2) is 7.47. The molecule has 0 aromatic heterocycles. The number of anilines is 1. The number of carbonyl (C=O) groups excluding carboxylic acids is 2. The SMILES string of the molecule is Cc1ccc(C(=O)NC(C(=O)Nc2ccc3c(c2)OCO3)C(C)C)cc1. The quantitative estimate of drug-likeness (QED) is 0.865. The van der Waals surface area contributed by atoms with Crippen LogP contribution in [0.5, 0.6) is 11.5 Å². The fourth-order valence-electron chi connectivity index (χ4n) is 2.66. The smallest absolute Gasteiger partial charge is 0.251 e. The molecule has 0 spiro atoms. The van der Waals surface area contributed by atoms with Crippen LogP contribution in [0.3, 0.4) is 0 Å². The summed E-state index contributed by atoms with van der Waals surface area (Å²) < 4.78 is 10.6. The summed E-state index contributed by atoms with van der Waals surface area (Å²) in [5.41, 5.74) is 2.19. The van der Waals surface area contributed by atoms with Gasteiger partial charge in [-0.15, -0.1) is 0 Å². The first-order valence-corrected chi connectivity index (χ1v) is 8.52. The monoisotopic (exact) mass is 354 g/mol. The molecule has 0 saturated heterocycles. The highest BCUT2D eigenvalue weighted by Crippen LogP contribution is 2.34. The van der Waals surface area contributed by atoms with E-state index >= 15 is 0 Å². The molecule has 1 atom stereocenters. The van der Waals surface area contributed by atoms with E-state index in [4.69, 9.17) is 9.47 Å². The first-order valence-electron chi connectivity index (χ1n) is 8.52. The van der Waals surface area contributed by atoms with Crippen LogP contribution in [0.1, 0.15) is 29.8 Å².